The van der Waals surface area contributed by atoms with Gasteiger partial charge in [-0.15, -0.1) is 0 Å². The van der Waals surface area contributed by atoms with Crippen LogP contribution in [-0.2, 0) is 0 Å². The zero-order chi connectivity index (χ0) is 22.9. The Morgan fingerprint density at radius 3 is 2.45 bits per heavy atom. The molecule has 0 bridgehead atoms. The summed E-state index contributed by atoms with van der Waals surface area (Å²) in [6.45, 7) is 0. The van der Waals surface area contributed by atoms with Gasteiger partial charge in [0.25, 0.3) is 5.91 Å². The quantitative estimate of drug-likeness (QED) is 0.360. The first kappa shape index (κ1) is 21.2. The number of imidazole rings is 1. The predicted molar refractivity (Wildman–Crippen MR) is 129 cm³/mol. The second-order valence-electron chi connectivity index (χ2n) is 8.29. The maximum atomic E-state index is 12.9. The number of anilines is 1. The fourth-order valence-electron chi connectivity index (χ4n) is 4.50. The minimum Gasteiger partial charge on any atom is -0.478 e. The van der Waals surface area contributed by atoms with Gasteiger partial charge in [0.15, 0.2) is 0 Å². The van der Waals surface area contributed by atoms with Crippen molar-refractivity contribution in [3.05, 3.63) is 82.9 Å². The second kappa shape index (κ2) is 8.71. The number of nitrogens with zero attached hydrogens (tertiary/aromatic N) is 2. The molecule has 0 radical (unpaired) electrons. The molecule has 7 heteroatoms. The van der Waals surface area contributed by atoms with E-state index < -0.39 is 5.97 Å². The summed E-state index contributed by atoms with van der Waals surface area (Å²) in [7, 11) is 0. The molecule has 0 atom stereocenters. The van der Waals surface area contributed by atoms with Crippen molar-refractivity contribution in [1.82, 2.24) is 9.55 Å². The monoisotopic (exact) mass is 459 g/mol. The first-order valence-electron chi connectivity index (χ1n) is 10.9. The lowest BCUT2D eigenvalue weighted by molar-refractivity contribution is 0.0696. The zero-order valence-corrected chi connectivity index (χ0v) is 18.5. The van der Waals surface area contributed by atoms with E-state index in [0.29, 0.717) is 27.8 Å². The molecule has 2 N–H and O–H groups in total. The van der Waals surface area contributed by atoms with Gasteiger partial charge in [-0.3, -0.25) is 4.79 Å². The standard InChI is InChI=1S/C26H22ClN3O3/c27-19-9-11-20(12-10-19)28-25(31)17-5-3-4-16(14-17)24-29-22-15-18(26(32)33)8-13-23(22)30(24)21-6-1-2-7-21/h3-5,8-15,21H,1-2,6-7H2,(H,28,31)(H,32,33). The fourth-order valence-corrected chi connectivity index (χ4v) is 4.63. The number of hydrogen-bond acceptors (Lipinski definition) is 3. The van der Waals surface area contributed by atoms with Crippen LogP contribution in [0.5, 0.6) is 0 Å². The van der Waals surface area contributed by atoms with Crippen LogP contribution >= 0.6 is 11.6 Å². The van der Waals surface area contributed by atoms with Crippen molar-refractivity contribution in [2.75, 3.05) is 5.32 Å². The van der Waals surface area contributed by atoms with Gasteiger partial charge >= 0.3 is 5.97 Å². The molecule has 0 aliphatic heterocycles. The zero-order valence-electron chi connectivity index (χ0n) is 17.8. The van der Waals surface area contributed by atoms with Crippen LogP contribution in [0, 0.1) is 0 Å². The molecule has 1 aromatic heterocycles. The van der Waals surface area contributed by atoms with E-state index in [1.165, 1.54) is 0 Å². The summed E-state index contributed by atoms with van der Waals surface area (Å²) in [6.07, 6.45) is 4.41. The van der Waals surface area contributed by atoms with Crippen molar-refractivity contribution < 1.29 is 14.7 Å². The summed E-state index contributed by atoms with van der Waals surface area (Å²) in [5.74, 6) is -0.453. The first-order chi connectivity index (χ1) is 16.0. The van der Waals surface area contributed by atoms with Crippen LogP contribution in [0.15, 0.2) is 66.7 Å². The lowest BCUT2D eigenvalue weighted by Crippen LogP contribution is -2.12. The highest BCUT2D eigenvalue weighted by Crippen LogP contribution is 2.37. The number of carboxylic acid groups (broad SMARTS) is 1. The van der Waals surface area contributed by atoms with Crippen LogP contribution in [0.4, 0.5) is 5.69 Å². The third-order valence-corrected chi connectivity index (χ3v) is 6.36. The second-order valence-corrected chi connectivity index (χ2v) is 8.73. The molecular formula is C26H22ClN3O3. The summed E-state index contributed by atoms with van der Waals surface area (Å²) in [6, 6.07) is 19.7. The summed E-state index contributed by atoms with van der Waals surface area (Å²) >= 11 is 5.93. The van der Waals surface area contributed by atoms with Gasteiger partial charge in [-0.25, -0.2) is 9.78 Å². The van der Waals surface area contributed by atoms with Crippen molar-refractivity contribution in [3.63, 3.8) is 0 Å². The van der Waals surface area contributed by atoms with Crippen molar-refractivity contribution in [2.24, 2.45) is 0 Å². The minimum atomic E-state index is -0.977. The molecule has 1 amide bonds. The minimum absolute atomic E-state index is 0.209. The highest BCUT2D eigenvalue weighted by Gasteiger charge is 2.24. The van der Waals surface area contributed by atoms with Crippen LogP contribution < -0.4 is 5.32 Å². The molecule has 1 fully saturated rings. The highest BCUT2D eigenvalue weighted by atomic mass is 35.5. The van der Waals surface area contributed by atoms with E-state index >= 15 is 0 Å². The van der Waals surface area contributed by atoms with Crippen molar-refractivity contribution in [1.29, 1.82) is 0 Å². The summed E-state index contributed by atoms with van der Waals surface area (Å²) in [5, 5.41) is 12.9. The number of carbonyl (C=O) groups excluding carboxylic acids is 1. The molecule has 4 aromatic rings. The Hall–Kier alpha value is -3.64. The van der Waals surface area contributed by atoms with Gasteiger partial charge < -0.3 is 15.0 Å². The predicted octanol–water partition coefficient (Wildman–Crippen LogP) is 6.42. The molecule has 6 nitrogen and oxygen atoms in total. The van der Waals surface area contributed by atoms with Crippen LogP contribution in [0.2, 0.25) is 5.02 Å². The molecule has 1 saturated carbocycles. The van der Waals surface area contributed by atoms with E-state index in [9.17, 15) is 14.7 Å². The molecule has 1 aliphatic rings. The number of aromatic carboxylic acids is 1. The Kier molecular flexibility index (Phi) is 5.60. The van der Waals surface area contributed by atoms with Gasteiger partial charge in [-0.2, -0.15) is 0 Å². The number of benzene rings is 3. The number of nitrogens with one attached hydrogen (secondary N) is 1. The van der Waals surface area contributed by atoms with Crippen LogP contribution in [0.25, 0.3) is 22.4 Å². The summed E-state index contributed by atoms with van der Waals surface area (Å²) in [5.41, 5.74) is 3.76. The normalized spacial score (nSPS) is 14.0. The summed E-state index contributed by atoms with van der Waals surface area (Å²) < 4.78 is 2.21. The molecule has 1 aliphatic carbocycles. The van der Waals surface area contributed by atoms with Crippen molar-refractivity contribution in [2.45, 2.75) is 31.7 Å². The van der Waals surface area contributed by atoms with Crippen LogP contribution in [-0.4, -0.2) is 26.5 Å². The van der Waals surface area contributed by atoms with E-state index in [-0.39, 0.29) is 11.5 Å². The first-order valence-corrected chi connectivity index (χ1v) is 11.3. The Bertz CT molecular complexity index is 1360. The van der Waals surface area contributed by atoms with Crippen molar-refractivity contribution in [3.8, 4) is 11.4 Å². The molecule has 33 heavy (non-hydrogen) atoms. The molecule has 5 rings (SSSR count). The summed E-state index contributed by atoms with van der Waals surface area (Å²) in [4.78, 5) is 29.2. The Balaban J connectivity index is 1.55. The molecule has 0 spiro atoms. The van der Waals surface area contributed by atoms with E-state index in [1.54, 1.807) is 42.5 Å². The SMILES string of the molecule is O=C(O)c1ccc2c(c1)nc(-c1cccc(C(=O)Nc3ccc(Cl)cc3)c1)n2C1CCCC1. The van der Waals surface area contributed by atoms with E-state index in [4.69, 9.17) is 16.6 Å². The van der Waals surface area contributed by atoms with E-state index in [2.05, 4.69) is 9.88 Å². The molecule has 3 aromatic carbocycles. The topological polar surface area (TPSA) is 84.2 Å². The highest BCUT2D eigenvalue weighted by molar-refractivity contribution is 6.30. The number of halogens is 1. The lowest BCUT2D eigenvalue weighted by Gasteiger charge is -2.17. The van der Waals surface area contributed by atoms with Gasteiger partial charge in [0, 0.05) is 27.9 Å². The number of rotatable bonds is 5. The van der Waals surface area contributed by atoms with Gasteiger partial charge in [0.1, 0.15) is 5.82 Å². The number of amides is 1. The van der Waals surface area contributed by atoms with Crippen molar-refractivity contribution >= 4 is 40.2 Å². The average molecular weight is 460 g/mol. The number of fused-ring (bicyclic) bond motifs is 1. The molecule has 0 saturated heterocycles. The Morgan fingerprint density at radius 2 is 1.73 bits per heavy atom. The van der Waals surface area contributed by atoms with Gasteiger partial charge in [-0.1, -0.05) is 36.6 Å². The van der Waals surface area contributed by atoms with Gasteiger partial charge in [-0.05, 0) is 67.4 Å². The molecule has 0 unspecified atom stereocenters. The number of carbonyl (C=O) groups is 2. The average Bonchev–Trinajstić information content (AvgIpc) is 3.47. The van der Waals surface area contributed by atoms with Crippen LogP contribution in [0.3, 0.4) is 0 Å². The molecule has 166 valence electrons. The number of aromatic nitrogens is 2. The van der Waals surface area contributed by atoms with E-state index in [1.807, 2.05) is 24.3 Å². The van der Waals surface area contributed by atoms with Gasteiger partial charge in [0.2, 0.25) is 0 Å². The maximum Gasteiger partial charge on any atom is 0.335 e. The lowest BCUT2D eigenvalue weighted by atomic mass is 10.1. The molecule has 1 heterocycles. The maximum absolute atomic E-state index is 12.9. The Morgan fingerprint density at radius 1 is 0.970 bits per heavy atom. The van der Waals surface area contributed by atoms with E-state index in [0.717, 1.165) is 42.6 Å². The largest absolute Gasteiger partial charge is 0.478 e. The van der Waals surface area contributed by atoms with Gasteiger partial charge in [0.05, 0.1) is 16.6 Å². The smallest absolute Gasteiger partial charge is 0.335 e. The third kappa shape index (κ3) is 4.22. The Labute approximate surface area is 195 Å². The van der Waals surface area contributed by atoms with Crippen LogP contribution in [0.1, 0.15) is 52.4 Å². The molecular weight excluding hydrogens is 438 g/mol. The number of carboxylic acids is 1. The number of hydrogen-bond donors (Lipinski definition) is 2. The fraction of sp³-hybridized carbons (Fsp3) is 0.192. The third-order valence-electron chi connectivity index (χ3n) is 6.11.